The van der Waals surface area contributed by atoms with Crippen molar-refractivity contribution in [2.75, 3.05) is 13.1 Å². The van der Waals surface area contributed by atoms with Crippen molar-refractivity contribution < 1.29 is 36.6 Å². The molecule has 3 fully saturated rings. The van der Waals surface area contributed by atoms with E-state index in [1.807, 2.05) is 6.92 Å². The molecule has 46 heavy (non-hydrogen) atoms. The molecule has 1 aromatic carbocycles. The monoisotopic (exact) mass is 723 g/mol. The van der Waals surface area contributed by atoms with Crippen LogP contribution < -0.4 is 0 Å². The zero-order valence-corrected chi connectivity index (χ0v) is 29.0. The van der Waals surface area contributed by atoms with Gasteiger partial charge in [0, 0.05) is 12.5 Å². The van der Waals surface area contributed by atoms with Crippen LogP contribution in [0.3, 0.4) is 0 Å². The van der Waals surface area contributed by atoms with Crippen LogP contribution in [-0.4, -0.2) is 51.9 Å². The molecular weight excluding hydrogens is 672 g/mol. The molecule has 262 valence electrons. The van der Waals surface area contributed by atoms with Gasteiger partial charge >= 0.3 is 12.1 Å². The number of nitrogens with zero attached hydrogens (tertiary/aromatic N) is 1. The molecule has 0 amide bonds. The molecule has 0 aromatic heterocycles. The SMILES string of the molecule is C[C@]12CC[C@@H]3c4cc(F)c(O)c(Br)c4CC(CCCCCN4CCC[C@H]4CCCCCCC(F)(F)C(F)(F)F)[C@H]3[C@@H]1CC[C@@]2(C)O. The summed E-state index contributed by atoms with van der Waals surface area (Å²) in [5.41, 5.74) is 1.25. The van der Waals surface area contributed by atoms with E-state index in [2.05, 4.69) is 27.8 Å². The number of aliphatic hydroxyl groups is 1. The summed E-state index contributed by atoms with van der Waals surface area (Å²) in [4.78, 5) is 2.53. The van der Waals surface area contributed by atoms with E-state index in [9.17, 15) is 36.6 Å². The quantitative estimate of drug-likeness (QED) is 0.157. The third-order valence-corrected chi connectivity index (χ3v) is 13.7. The lowest BCUT2D eigenvalue weighted by Crippen LogP contribution is -2.51. The molecule has 2 N–H and O–H groups in total. The summed E-state index contributed by atoms with van der Waals surface area (Å²) in [5.74, 6) is -4.04. The number of phenols is 1. The fourth-order valence-electron chi connectivity index (χ4n) is 9.99. The Kier molecular flexibility index (Phi) is 11.1. The Morgan fingerprint density at radius 3 is 2.37 bits per heavy atom. The highest BCUT2D eigenvalue weighted by atomic mass is 79.9. The molecule has 3 aliphatic carbocycles. The first-order valence-electron chi connectivity index (χ1n) is 17.7. The van der Waals surface area contributed by atoms with Gasteiger partial charge in [-0.2, -0.15) is 22.0 Å². The molecule has 0 spiro atoms. The Labute approximate surface area is 279 Å². The minimum absolute atomic E-state index is 0.108. The van der Waals surface area contributed by atoms with Crippen LogP contribution in [0.2, 0.25) is 0 Å². The minimum atomic E-state index is -5.46. The minimum Gasteiger partial charge on any atom is -0.504 e. The number of benzene rings is 1. The summed E-state index contributed by atoms with van der Waals surface area (Å²) >= 11 is 3.52. The molecule has 3 nitrogen and oxygen atoms in total. The van der Waals surface area contributed by atoms with Gasteiger partial charge in [0.1, 0.15) is 0 Å². The highest BCUT2D eigenvalue weighted by Gasteiger charge is 2.61. The van der Waals surface area contributed by atoms with Crippen molar-refractivity contribution in [1.29, 1.82) is 0 Å². The predicted octanol–water partition coefficient (Wildman–Crippen LogP) is 10.7. The van der Waals surface area contributed by atoms with E-state index in [-0.39, 0.29) is 23.5 Å². The Balaban J connectivity index is 1.11. The lowest BCUT2D eigenvalue weighted by atomic mass is 9.50. The van der Waals surface area contributed by atoms with Crippen LogP contribution in [0.5, 0.6) is 5.75 Å². The van der Waals surface area contributed by atoms with Crippen LogP contribution in [0.15, 0.2) is 10.5 Å². The summed E-state index contributed by atoms with van der Waals surface area (Å²) in [7, 11) is 0. The molecule has 4 aliphatic rings. The second-order valence-corrected chi connectivity index (χ2v) is 16.2. The van der Waals surface area contributed by atoms with Crippen LogP contribution in [-0.2, 0) is 6.42 Å². The molecule has 2 saturated carbocycles. The largest absolute Gasteiger partial charge is 0.504 e. The van der Waals surface area contributed by atoms with Gasteiger partial charge in [-0.05, 0) is 153 Å². The average Bonchev–Trinajstić information content (AvgIpc) is 3.53. The summed E-state index contributed by atoms with van der Waals surface area (Å²) in [6, 6.07) is 2.03. The number of rotatable bonds is 13. The van der Waals surface area contributed by atoms with Crippen molar-refractivity contribution >= 4 is 15.9 Å². The van der Waals surface area contributed by atoms with Crippen molar-refractivity contribution in [3.63, 3.8) is 0 Å². The van der Waals surface area contributed by atoms with Gasteiger partial charge < -0.3 is 15.1 Å². The lowest BCUT2D eigenvalue weighted by molar-refractivity contribution is -0.284. The van der Waals surface area contributed by atoms with Crippen molar-refractivity contribution in [3.8, 4) is 5.75 Å². The van der Waals surface area contributed by atoms with Gasteiger partial charge in [-0.1, -0.05) is 39.0 Å². The first-order valence-corrected chi connectivity index (χ1v) is 18.5. The number of likely N-dealkylation sites (tertiary alicyclic amines) is 1. The molecule has 1 unspecified atom stereocenters. The first-order chi connectivity index (χ1) is 21.6. The van der Waals surface area contributed by atoms with E-state index >= 15 is 0 Å². The van der Waals surface area contributed by atoms with Crippen LogP contribution in [0.25, 0.3) is 0 Å². The van der Waals surface area contributed by atoms with E-state index in [1.54, 1.807) is 6.07 Å². The van der Waals surface area contributed by atoms with Crippen LogP contribution in [0.1, 0.15) is 134 Å². The normalized spacial score (nSPS) is 33.2. The van der Waals surface area contributed by atoms with Crippen molar-refractivity contribution in [2.45, 2.75) is 153 Å². The predicted molar refractivity (Wildman–Crippen MR) is 172 cm³/mol. The summed E-state index contributed by atoms with van der Waals surface area (Å²) in [6.07, 6.45) is 7.25. The lowest BCUT2D eigenvalue weighted by Gasteiger charge is -2.55. The number of hydrogen-bond acceptors (Lipinski definition) is 3. The highest BCUT2D eigenvalue weighted by molar-refractivity contribution is 9.10. The van der Waals surface area contributed by atoms with E-state index in [0.717, 1.165) is 108 Å². The molecule has 7 atom stereocenters. The number of unbranched alkanes of at least 4 members (excludes halogenated alkanes) is 5. The number of fused-ring (bicyclic) bond motifs is 5. The van der Waals surface area contributed by atoms with Gasteiger partial charge in [0.15, 0.2) is 11.6 Å². The maximum Gasteiger partial charge on any atom is 0.453 e. The Hall–Kier alpha value is -1.00. The topological polar surface area (TPSA) is 43.7 Å². The fraction of sp³-hybridized carbons (Fsp3) is 0.833. The van der Waals surface area contributed by atoms with E-state index < -0.39 is 29.9 Å². The van der Waals surface area contributed by atoms with Gasteiger partial charge in [-0.25, -0.2) is 4.39 Å². The zero-order chi connectivity index (χ0) is 33.5. The van der Waals surface area contributed by atoms with Gasteiger partial charge in [-0.3, -0.25) is 0 Å². The number of aromatic hydroxyl groups is 1. The number of hydrogen-bond donors (Lipinski definition) is 2. The molecule has 1 saturated heterocycles. The fourth-order valence-corrected chi connectivity index (χ4v) is 10.6. The smallest absolute Gasteiger partial charge is 0.453 e. The van der Waals surface area contributed by atoms with E-state index in [0.29, 0.717) is 41.1 Å². The molecule has 1 aromatic rings. The number of alkyl halides is 5. The molecule has 10 heteroatoms. The van der Waals surface area contributed by atoms with Crippen LogP contribution >= 0.6 is 15.9 Å². The molecular formula is C36H52BrF6NO2. The zero-order valence-electron chi connectivity index (χ0n) is 27.4. The van der Waals surface area contributed by atoms with Gasteiger partial charge in [-0.15, -0.1) is 0 Å². The maximum absolute atomic E-state index is 14.7. The Bertz CT molecular complexity index is 1210. The second-order valence-electron chi connectivity index (χ2n) is 15.4. The summed E-state index contributed by atoms with van der Waals surface area (Å²) in [5, 5.41) is 21.8. The highest BCUT2D eigenvalue weighted by Crippen LogP contribution is 2.66. The summed E-state index contributed by atoms with van der Waals surface area (Å²) < 4.78 is 78.6. The van der Waals surface area contributed by atoms with Gasteiger partial charge in [0.25, 0.3) is 0 Å². The van der Waals surface area contributed by atoms with Crippen molar-refractivity contribution in [3.05, 3.63) is 27.5 Å². The third-order valence-electron chi connectivity index (χ3n) is 12.8. The molecule has 0 radical (unpaired) electrons. The summed E-state index contributed by atoms with van der Waals surface area (Å²) in [6.45, 7) is 6.34. The van der Waals surface area contributed by atoms with Crippen molar-refractivity contribution in [1.82, 2.24) is 4.90 Å². The van der Waals surface area contributed by atoms with E-state index in [1.165, 1.54) is 0 Å². The molecule has 1 heterocycles. The van der Waals surface area contributed by atoms with Gasteiger partial charge in [0.05, 0.1) is 10.1 Å². The second kappa shape index (κ2) is 14.1. The Morgan fingerprint density at radius 1 is 0.935 bits per heavy atom. The van der Waals surface area contributed by atoms with Crippen LogP contribution in [0.4, 0.5) is 26.3 Å². The number of halogens is 7. The van der Waals surface area contributed by atoms with Crippen LogP contribution in [0, 0.1) is 29.0 Å². The maximum atomic E-state index is 14.7. The first kappa shape index (κ1) is 36.3. The standard InChI is InChI=1S/C36H52BrF6NO2/c1-33-17-14-25-26-22-29(38)32(45)31(37)27(26)21-23(30(25)28(33)15-18-34(33,2)46)11-6-5-9-19-44-20-10-13-24(44)12-7-3-4-8-16-35(39,40)36(41,42)43/h22-25,28,30,45-46H,3-21H2,1-2H3/t23?,24-,25-,28+,30-,33+,34-/m1/s1. The molecule has 1 aliphatic heterocycles. The molecule has 5 rings (SSSR count). The third kappa shape index (κ3) is 7.15. The molecule has 0 bridgehead atoms. The van der Waals surface area contributed by atoms with Crippen molar-refractivity contribution in [2.24, 2.45) is 23.2 Å². The average molecular weight is 725 g/mol. The number of phenolic OH excluding ortho intramolecular Hbond substituents is 1. The van der Waals surface area contributed by atoms with Gasteiger partial charge in [0.2, 0.25) is 0 Å². The van der Waals surface area contributed by atoms with E-state index in [4.69, 9.17) is 0 Å². The Morgan fingerprint density at radius 2 is 1.63 bits per heavy atom.